The zero-order chi connectivity index (χ0) is 25.2. The molecule has 36 heavy (non-hydrogen) atoms. The number of carbonyl (C=O) groups excluding carboxylic acids is 1. The fourth-order valence-electron chi connectivity index (χ4n) is 6.63. The number of phenolic OH excluding ortho intramolecular Hbond substituents is 1. The van der Waals surface area contributed by atoms with Crippen LogP contribution in [0, 0.1) is 5.92 Å². The number of likely N-dealkylation sites (tertiary alicyclic amines) is 1. The average molecular weight is 492 g/mol. The van der Waals surface area contributed by atoms with Gasteiger partial charge in [0.05, 0.1) is 22.3 Å². The minimum Gasteiger partial charge on any atom is -0.508 e. The highest BCUT2D eigenvalue weighted by Gasteiger charge is 2.69. The van der Waals surface area contributed by atoms with Crippen LogP contribution in [-0.4, -0.2) is 57.0 Å². The Bertz CT molecular complexity index is 1240. The van der Waals surface area contributed by atoms with Crippen LogP contribution in [0.4, 0.5) is 5.69 Å². The van der Waals surface area contributed by atoms with Crippen molar-refractivity contribution in [3.05, 3.63) is 64.9 Å². The zero-order valence-corrected chi connectivity index (χ0v) is 20.6. The van der Waals surface area contributed by atoms with E-state index in [1.165, 1.54) is 12.8 Å². The van der Waals surface area contributed by atoms with E-state index in [1.54, 1.807) is 13.0 Å². The molecule has 2 aromatic rings. The van der Waals surface area contributed by atoms with Crippen molar-refractivity contribution in [1.29, 1.82) is 0 Å². The van der Waals surface area contributed by atoms with Crippen LogP contribution in [0.5, 0.6) is 11.5 Å². The number of hydrogen-bond acceptors (Lipinski definition) is 7. The van der Waals surface area contributed by atoms with E-state index in [1.807, 2.05) is 43.3 Å². The molecular weight excluding hydrogens is 458 g/mol. The number of nitrogens with one attached hydrogen (secondary N) is 2. The molecule has 8 heteroatoms. The van der Waals surface area contributed by atoms with Crippen LogP contribution in [-0.2, 0) is 16.6 Å². The molecule has 4 aliphatic rings. The molecule has 8 nitrogen and oxygen atoms in total. The fraction of sp³-hybridized carbons (Fsp3) is 0.464. The van der Waals surface area contributed by atoms with Crippen LogP contribution in [0.1, 0.15) is 44.2 Å². The van der Waals surface area contributed by atoms with Gasteiger partial charge in [0, 0.05) is 18.2 Å². The van der Waals surface area contributed by atoms with Gasteiger partial charge in [0.15, 0.2) is 17.6 Å². The molecular formula is C28H33N3O5. The first kappa shape index (κ1) is 23.2. The predicted octanol–water partition coefficient (Wildman–Crippen LogP) is 3.16. The van der Waals surface area contributed by atoms with Crippen LogP contribution >= 0.6 is 0 Å². The van der Waals surface area contributed by atoms with Gasteiger partial charge in [-0.3, -0.25) is 20.5 Å². The third-order valence-electron chi connectivity index (χ3n) is 8.81. The Balaban J connectivity index is 1.38. The Morgan fingerprint density at radius 3 is 2.67 bits per heavy atom. The highest BCUT2D eigenvalue weighted by molar-refractivity contribution is 5.94. The van der Waals surface area contributed by atoms with Crippen LogP contribution in [0.25, 0.3) is 0 Å². The van der Waals surface area contributed by atoms with E-state index in [2.05, 4.69) is 15.8 Å². The molecule has 190 valence electrons. The van der Waals surface area contributed by atoms with E-state index in [0.29, 0.717) is 30.2 Å². The Morgan fingerprint density at radius 1 is 1.19 bits per heavy atom. The van der Waals surface area contributed by atoms with Crippen LogP contribution < -0.4 is 15.6 Å². The number of carbonyl (C=O) groups is 1. The topological polar surface area (TPSA) is 114 Å². The number of piperidine rings is 1. The first-order valence-electron chi connectivity index (χ1n) is 12.7. The number of fused-ring (bicyclic) bond motifs is 1. The SMILES string of the molecule is C/C(C(=O)NNc1ccccc1)=C(/O)[C@@H]1Oc2c(O)ccc3c2[C@@]12CCN(CC1CC1)[C@H](C3)[C@@]2(C)O. The van der Waals surface area contributed by atoms with Gasteiger partial charge >= 0.3 is 0 Å². The summed E-state index contributed by atoms with van der Waals surface area (Å²) in [6.45, 7) is 5.07. The molecule has 0 aromatic heterocycles. The molecule has 0 unspecified atom stereocenters. The van der Waals surface area contributed by atoms with Crippen molar-refractivity contribution in [2.75, 3.05) is 18.5 Å². The van der Waals surface area contributed by atoms with Crippen LogP contribution in [0.15, 0.2) is 53.8 Å². The van der Waals surface area contributed by atoms with Gasteiger partial charge in [-0.25, -0.2) is 0 Å². The lowest BCUT2D eigenvalue weighted by molar-refractivity contribution is -0.153. The summed E-state index contributed by atoms with van der Waals surface area (Å²) in [6, 6.07) is 12.6. The van der Waals surface area contributed by atoms with Gasteiger partial charge in [0.1, 0.15) is 5.76 Å². The van der Waals surface area contributed by atoms with E-state index >= 15 is 0 Å². The van der Waals surface area contributed by atoms with Crippen molar-refractivity contribution in [2.45, 2.75) is 62.7 Å². The lowest BCUT2D eigenvalue weighted by Gasteiger charge is -2.59. The van der Waals surface area contributed by atoms with Crippen LogP contribution in [0.3, 0.4) is 0 Å². The number of aromatic hydroxyl groups is 1. The summed E-state index contributed by atoms with van der Waals surface area (Å²) < 4.78 is 6.26. The Morgan fingerprint density at radius 2 is 1.94 bits per heavy atom. The summed E-state index contributed by atoms with van der Waals surface area (Å²) in [4.78, 5) is 15.4. The lowest BCUT2D eigenvalue weighted by atomic mass is 9.53. The number of anilines is 1. The summed E-state index contributed by atoms with van der Waals surface area (Å²) >= 11 is 0. The van der Waals surface area contributed by atoms with E-state index in [4.69, 9.17) is 4.74 Å². The second kappa shape index (κ2) is 8.15. The van der Waals surface area contributed by atoms with Gasteiger partial charge in [-0.2, -0.15) is 0 Å². The minimum atomic E-state index is -1.25. The summed E-state index contributed by atoms with van der Waals surface area (Å²) in [5, 5.41) is 34.4. The first-order valence-corrected chi connectivity index (χ1v) is 12.7. The van der Waals surface area contributed by atoms with Crippen molar-refractivity contribution < 1.29 is 24.9 Å². The molecule has 4 atom stereocenters. The van der Waals surface area contributed by atoms with Gasteiger partial charge in [-0.1, -0.05) is 24.3 Å². The van der Waals surface area contributed by atoms with Gasteiger partial charge in [0.2, 0.25) is 0 Å². The number of hydrogen-bond donors (Lipinski definition) is 5. The molecule has 1 saturated heterocycles. The second-order valence-electron chi connectivity index (χ2n) is 10.9. The third-order valence-corrected chi connectivity index (χ3v) is 8.81. The molecule has 2 aliphatic heterocycles. The van der Waals surface area contributed by atoms with E-state index < -0.39 is 23.0 Å². The highest BCUT2D eigenvalue weighted by Crippen LogP contribution is 2.63. The average Bonchev–Trinajstić information content (AvgIpc) is 3.61. The quantitative estimate of drug-likeness (QED) is 0.240. The maximum Gasteiger partial charge on any atom is 0.268 e. The Labute approximate surface area is 210 Å². The number of phenols is 1. The van der Waals surface area contributed by atoms with Gasteiger partial charge in [-0.05, 0) is 75.8 Å². The van der Waals surface area contributed by atoms with Crippen molar-refractivity contribution in [2.24, 2.45) is 5.92 Å². The fourth-order valence-corrected chi connectivity index (χ4v) is 6.63. The number of aliphatic hydroxyl groups excluding tert-OH is 1. The third kappa shape index (κ3) is 3.31. The second-order valence-corrected chi connectivity index (χ2v) is 10.9. The maximum atomic E-state index is 13.0. The molecule has 1 saturated carbocycles. The number of nitrogens with zero attached hydrogens (tertiary/aromatic N) is 1. The standard InChI is InChI=1S/C28H33N3O5/c1-16(26(34)30-29-19-6-4-3-5-7-19)23(33)25-28-12-13-31(15-17-8-9-17)21(27(28,2)35)14-18-10-11-20(32)24(36-25)22(18)28/h3-7,10-11,17,21,25,29,32-33,35H,8-9,12-15H2,1-2H3,(H,30,34)/b23-16-/t21-,25+,27-,28+/m1/s1. The first-order chi connectivity index (χ1) is 17.2. The van der Waals surface area contributed by atoms with Crippen molar-refractivity contribution in [3.8, 4) is 11.5 Å². The van der Waals surface area contributed by atoms with E-state index in [-0.39, 0.29) is 23.1 Å². The Hall–Kier alpha value is -3.23. The van der Waals surface area contributed by atoms with Crippen LogP contribution in [0.2, 0.25) is 0 Å². The number of rotatable bonds is 6. The van der Waals surface area contributed by atoms with Crippen molar-refractivity contribution in [3.63, 3.8) is 0 Å². The Kier molecular flexibility index (Phi) is 5.25. The smallest absolute Gasteiger partial charge is 0.268 e. The number of aliphatic hydroxyl groups is 2. The zero-order valence-electron chi connectivity index (χ0n) is 20.6. The molecule has 2 aliphatic carbocycles. The van der Waals surface area contributed by atoms with Gasteiger partial charge < -0.3 is 20.1 Å². The number of ether oxygens (including phenoxy) is 1. The summed E-state index contributed by atoms with van der Waals surface area (Å²) in [5.74, 6) is 0.217. The van der Waals surface area contributed by atoms with Crippen molar-refractivity contribution >= 4 is 11.6 Å². The van der Waals surface area contributed by atoms with E-state index in [0.717, 1.165) is 24.2 Å². The number of amides is 1. The molecule has 2 fully saturated rings. The maximum absolute atomic E-state index is 13.0. The number of hydrazine groups is 1. The molecule has 2 aromatic carbocycles. The summed E-state index contributed by atoms with van der Waals surface area (Å²) in [5.41, 5.74) is 5.81. The minimum absolute atomic E-state index is 0.0223. The van der Waals surface area contributed by atoms with E-state index in [9.17, 15) is 20.1 Å². The number of benzene rings is 2. The highest BCUT2D eigenvalue weighted by atomic mass is 16.5. The predicted molar refractivity (Wildman–Crippen MR) is 135 cm³/mol. The number of para-hydroxylation sites is 1. The monoisotopic (exact) mass is 491 g/mol. The van der Waals surface area contributed by atoms with Gasteiger partial charge in [0.25, 0.3) is 5.91 Å². The molecule has 2 heterocycles. The largest absolute Gasteiger partial charge is 0.508 e. The molecule has 6 rings (SSSR count). The normalized spacial score (nSPS) is 31.2. The molecule has 1 amide bonds. The van der Waals surface area contributed by atoms with Gasteiger partial charge in [-0.15, -0.1) is 0 Å². The molecule has 2 bridgehead atoms. The lowest BCUT2D eigenvalue weighted by Crippen LogP contribution is -2.73. The molecule has 1 spiro atoms. The molecule has 0 radical (unpaired) electrons. The molecule has 5 N–H and O–H groups in total. The summed E-state index contributed by atoms with van der Waals surface area (Å²) in [7, 11) is 0. The summed E-state index contributed by atoms with van der Waals surface area (Å²) in [6.07, 6.45) is 2.64. The van der Waals surface area contributed by atoms with Crippen molar-refractivity contribution in [1.82, 2.24) is 10.3 Å².